The number of amides is 1. The molecule has 0 bridgehead atoms. The van der Waals surface area contributed by atoms with Crippen LogP contribution < -0.4 is 9.47 Å². The van der Waals surface area contributed by atoms with Crippen LogP contribution >= 0.6 is 0 Å². The lowest BCUT2D eigenvalue weighted by molar-refractivity contribution is -0.131. The van der Waals surface area contributed by atoms with Gasteiger partial charge in [0.2, 0.25) is 5.91 Å². The van der Waals surface area contributed by atoms with Crippen LogP contribution in [-0.4, -0.2) is 69.3 Å². The van der Waals surface area contributed by atoms with E-state index >= 15 is 0 Å². The number of likely N-dealkylation sites (tertiary alicyclic amines) is 1. The quantitative estimate of drug-likeness (QED) is 0.784. The van der Waals surface area contributed by atoms with Gasteiger partial charge in [0.15, 0.2) is 0 Å². The van der Waals surface area contributed by atoms with Crippen LogP contribution in [0, 0.1) is 5.92 Å². The molecule has 138 valence electrons. The summed E-state index contributed by atoms with van der Waals surface area (Å²) >= 11 is 0. The number of nitrogens with zero attached hydrogens (tertiary/aromatic N) is 2. The summed E-state index contributed by atoms with van der Waals surface area (Å²) in [6.45, 7) is 2.78. The first-order valence-corrected chi connectivity index (χ1v) is 8.78. The molecule has 1 aromatic carbocycles. The zero-order valence-electron chi connectivity index (χ0n) is 15.5. The molecule has 2 saturated heterocycles. The molecule has 2 heterocycles. The monoisotopic (exact) mass is 348 g/mol. The molecule has 0 saturated carbocycles. The van der Waals surface area contributed by atoms with Crippen LogP contribution in [0.2, 0.25) is 0 Å². The molecule has 3 atom stereocenters. The van der Waals surface area contributed by atoms with Crippen molar-refractivity contribution in [3.63, 3.8) is 0 Å². The van der Waals surface area contributed by atoms with E-state index < -0.39 is 0 Å². The minimum Gasteiger partial charge on any atom is -0.497 e. The number of carbonyl (C=O) groups excluding carboxylic acids is 1. The number of carbonyl (C=O) groups is 1. The molecule has 1 amide bonds. The summed E-state index contributed by atoms with van der Waals surface area (Å²) in [5.41, 5.74) is 1.18. The number of hydrogen-bond acceptors (Lipinski definition) is 5. The molecule has 2 aliphatic rings. The summed E-state index contributed by atoms with van der Waals surface area (Å²) in [6.07, 6.45) is 1.78. The molecule has 0 radical (unpaired) electrons. The lowest BCUT2D eigenvalue weighted by Crippen LogP contribution is -2.29. The van der Waals surface area contributed by atoms with Gasteiger partial charge in [-0.2, -0.15) is 0 Å². The van der Waals surface area contributed by atoms with Gasteiger partial charge in [-0.15, -0.1) is 0 Å². The van der Waals surface area contributed by atoms with E-state index in [1.54, 1.807) is 33.2 Å². The molecule has 6 heteroatoms. The van der Waals surface area contributed by atoms with E-state index in [0.717, 1.165) is 37.6 Å². The highest BCUT2D eigenvalue weighted by Gasteiger charge is 2.42. The van der Waals surface area contributed by atoms with Crippen LogP contribution in [0.5, 0.6) is 11.5 Å². The smallest absolute Gasteiger partial charge is 0.224 e. The number of benzene rings is 1. The fraction of sp³-hybridized carbons (Fsp3) is 0.632. The summed E-state index contributed by atoms with van der Waals surface area (Å²) in [4.78, 5) is 15.9. The molecule has 0 spiro atoms. The summed E-state index contributed by atoms with van der Waals surface area (Å²) in [5.74, 6) is 2.29. The second-order valence-electron chi connectivity index (χ2n) is 7.20. The molecule has 0 N–H and O–H groups in total. The Kier molecular flexibility index (Phi) is 5.49. The van der Waals surface area contributed by atoms with Gasteiger partial charge in [0.25, 0.3) is 0 Å². The molecule has 2 fully saturated rings. The predicted octanol–water partition coefficient (Wildman–Crippen LogP) is 1.77. The molecule has 0 unspecified atom stereocenters. The summed E-state index contributed by atoms with van der Waals surface area (Å²) in [5, 5.41) is 0. The lowest BCUT2D eigenvalue weighted by Gasteiger charge is -2.20. The molecule has 1 aromatic rings. The summed E-state index contributed by atoms with van der Waals surface area (Å²) < 4.78 is 16.8. The van der Waals surface area contributed by atoms with Crippen molar-refractivity contribution in [2.75, 3.05) is 41.4 Å². The van der Waals surface area contributed by atoms with Crippen LogP contribution in [-0.2, 0) is 16.1 Å². The average Bonchev–Trinajstić information content (AvgIpc) is 3.11. The number of hydrogen-bond donors (Lipinski definition) is 0. The van der Waals surface area contributed by atoms with Crippen molar-refractivity contribution in [2.45, 2.75) is 31.6 Å². The van der Waals surface area contributed by atoms with Gasteiger partial charge in [0, 0.05) is 45.7 Å². The Balaban J connectivity index is 1.55. The van der Waals surface area contributed by atoms with Gasteiger partial charge >= 0.3 is 0 Å². The van der Waals surface area contributed by atoms with Crippen LogP contribution in [0.15, 0.2) is 18.2 Å². The van der Waals surface area contributed by atoms with Gasteiger partial charge in [-0.05, 0) is 24.1 Å². The Labute approximate surface area is 149 Å². The zero-order chi connectivity index (χ0) is 18.0. The standard InChI is InChI=1S/C19H28N2O4/c1-20(2)19(22)9-17-7-14-11-21(12-18(14)25-17)10-13-5-15(23-3)8-16(6-13)24-4/h5-6,8,14,17-18H,7,9-12H2,1-4H3/t14-,17-,18+/m0/s1. The normalized spacial score (nSPS) is 25.7. The Bertz CT molecular complexity index is 583. The fourth-order valence-electron chi connectivity index (χ4n) is 3.80. The molecular formula is C19H28N2O4. The van der Waals surface area contributed by atoms with Crippen LogP contribution in [0.1, 0.15) is 18.4 Å². The van der Waals surface area contributed by atoms with E-state index in [1.165, 1.54) is 5.56 Å². The van der Waals surface area contributed by atoms with Crippen LogP contribution in [0.3, 0.4) is 0 Å². The van der Waals surface area contributed by atoms with Crippen LogP contribution in [0.4, 0.5) is 0 Å². The molecule has 0 aromatic heterocycles. The lowest BCUT2D eigenvalue weighted by atomic mass is 10.0. The maximum atomic E-state index is 11.9. The van der Waals surface area contributed by atoms with E-state index in [0.29, 0.717) is 12.3 Å². The molecule has 6 nitrogen and oxygen atoms in total. The molecule has 2 aliphatic heterocycles. The Hall–Kier alpha value is -1.79. The van der Waals surface area contributed by atoms with Crippen molar-refractivity contribution >= 4 is 5.91 Å². The highest BCUT2D eigenvalue weighted by molar-refractivity contribution is 5.76. The Morgan fingerprint density at radius 1 is 1.20 bits per heavy atom. The van der Waals surface area contributed by atoms with Crippen molar-refractivity contribution in [1.82, 2.24) is 9.80 Å². The molecule has 25 heavy (non-hydrogen) atoms. The Morgan fingerprint density at radius 3 is 2.44 bits per heavy atom. The van der Waals surface area contributed by atoms with E-state index in [4.69, 9.17) is 14.2 Å². The van der Waals surface area contributed by atoms with Gasteiger partial charge in [-0.3, -0.25) is 9.69 Å². The topological polar surface area (TPSA) is 51.2 Å². The molecular weight excluding hydrogens is 320 g/mol. The van der Waals surface area contributed by atoms with Gasteiger partial charge < -0.3 is 19.1 Å². The second kappa shape index (κ2) is 7.62. The third kappa shape index (κ3) is 4.25. The summed E-state index contributed by atoms with van der Waals surface area (Å²) in [7, 11) is 6.92. The third-order valence-electron chi connectivity index (χ3n) is 5.11. The van der Waals surface area contributed by atoms with E-state index in [1.807, 2.05) is 6.07 Å². The first-order valence-electron chi connectivity index (χ1n) is 8.78. The third-order valence-corrected chi connectivity index (χ3v) is 5.11. The maximum absolute atomic E-state index is 11.9. The van der Waals surface area contributed by atoms with Crippen molar-refractivity contribution in [1.29, 1.82) is 0 Å². The van der Waals surface area contributed by atoms with Crippen molar-refractivity contribution in [3.8, 4) is 11.5 Å². The molecule has 0 aliphatic carbocycles. The number of fused-ring (bicyclic) bond motifs is 1. The first kappa shape index (κ1) is 18.0. The minimum absolute atomic E-state index is 0.0731. The van der Waals surface area contributed by atoms with E-state index in [-0.39, 0.29) is 18.1 Å². The van der Waals surface area contributed by atoms with Crippen molar-refractivity contribution in [3.05, 3.63) is 23.8 Å². The Morgan fingerprint density at radius 2 is 1.88 bits per heavy atom. The SMILES string of the molecule is COc1cc(CN2C[C@@H]3C[C@@H](CC(=O)N(C)C)O[C@@H]3C2)cc(OC)c1. The van der Waals surface area contributed by atoms with Gasteiger partial charge in [-0.1, -0.05) is 0 Å². The number of methoxy groups -OCH3 is 2. The number of rotatable bonds is 6. The van der Waals surface area contributed by atoms with Crippen molar-refractivity contribution in [2.24, 2.45) is 5.92 Å². The zero-order valence-corrected chi connectivity index (χ0v) is 15.5. The van der Waals surface area contributed by atoms with Crippen molar-refractivity contribution < 1.29 is 19.0 Å². The second-order valence-corrected chi connectivity index (χ2v) is 7.20. The summed E-state index contributed by atoms with van der Waals surface area (Å²) in [6, 6.07) is 5.99. The maximum Gasteiger partial charge on any atom is 0.224 e. The van der Waals surface area contributed by atoms with E-state index in [9.17, 15) is 4.79 Å². The molecule has 3 rings (SSSR count). The van der Waals surface area contributed by atoms with Gasteiger partial charge in [0.05, 0.1) is 32.8 Å². The highest BCUT2D eigenvalue weighted by Crippen LogP contribution is 2.35. The first-order chi connectivity index (χ1) is 12.0. The predicted molar refractivity (Wildman–Crippen MR) is 94.9 cm³/mol. The highest BCUT2D eigenvalue weighted by atomic mass is 16.5. The van der Waals surface area contributed by atoms with E-state index in [2.05, 4.69) is 17.0 Å². The average molecular weight is 348 g/mol. The fourth-order valence-corrected chi connectivity index (χ4v) is 3.80. The number of ether oxygens (including phenoxy) is 3. The minimum atomic E-state index is 0.0731. The van der Waals surface area contributed by atoms with Gasteiger partial charge in [-0.25, -0.2) is 0 Å². The van der Waals surface area contributed by atoms with Crippen LogP contribution in [0.25, 0.3) is 0 Å². The largest absolute Gasteiger partial charge is 0.497 e. The van der Waals surface area contributed by atoms with Gasteiger partial charge in [0.1, 0.15) is 11.5 Å².